The molecule has 0 bridgehead atoms. The number of benzene rings is 2. The number of para-hydroxylation sites is 1. The Morgan fingerprint density at radius 1 is 1.11 bits per heavy atom. The van der Waals surface area contributed by atoms with E-state index in [-0.39, 0.29) is 11.7 Å². The minimum Gasteiger partial charge on any atom is -0.464 e. The van der Waals surface area contributed by atoms with Crippen LogP contribution in [-0.2, 0) is 0 Å². The van der Waals surface area contributed by atoms with Gasteiger partial charge in [-0.2, -0.15) is 5.10 Å². The highest BCUT2D eigenvalue weighted by Gasteiger charge is 2.41. The Kier molecular flexibility index (Phi) is 3.68. The molecule has 5 rings (SSSR count). The summed E-state index contributed by atoms with van der Waals surface area (Å²) in [6.45, 7) is 0. The van der Waals surface area contributed by atoms with Crippen molar-refractivity contribution in [2.45, 2.75) is 18.7 Å². The Bertz CT molecular complexity index is 1030. The molecule has 0 saturated carbocycles. The molecule has 0 radical (unpaired) electrons. The summed E-state index contributed by atoms with van der Waals surface area (Å²) in [6, 6.07) is 18.7. The van der Waals surface area contributed by atoms with Gasteiger partial charge in [0.15, 0.2) is 0 Å². The van der Waals surface area contributed by atoms with E-state index in [1.165, 1.54) is 12.1 Å². The maximum Gasteiger partial charge on any atom is 0.269 e. The van der Waals surface area contributed by atoms with Crippen LogP contribution >= 0.6 is 11.3 Å². The van der Waals surface area contributed by atoms with Crippen molar-refractivity contribution < 1.29 is 9.66 Å². The van der Waals surface area contributed by atoms with Crippen molar-refractivity contribution in [3.05, 3.63) is 92.2 Å². The number of non-ortho nitro benzene ring substituents is 1. The van der Waals surface area contributed by atoms with Crippen LogP contribution in [0.15, 0.2) is 71.1 Å². The maximum absolute atomic E-state index is 11.0. The first-order valence-corrected chi connectivity index (χ1v) is 9.48. The summed E-state index contributed by atoms with van der Waals surface area (Å²) in [5.74, 6) is 0.838. The van der Waals surface area contributed by atoms with Gasteiger partial charge in [-0.1, -0.05) is 24.3 Å². The average molecular weight is 377 g/mol. The summed E-state index contributed by atoms with van der Waals surface area (Å²) in [6.07, 6.45) is 0.396. The number of hydrazone groups is 1. The molecule has 0 spiro atoms. The number of rotatable bonds is 3. The highest BCUT2D eigenvalue weighted by atomic mass is 32.1. The third kappa shape index (κ3) is 2.67. The molecule has 0 N–H and O–H groups in total. The van der Waals surface area contributed by atoms with E-state index in [0.717, 1.165) is 33.9 Å². The fourth-order valence-corrected chi connectivity index (χ4v) is 4.33. The molecular weight excluding hydrogens is 362 g/mol. The predicted octanol–water partition coefficient (Wildman–Crippen LogP) is 4.90. The first-order valence-electron chi connectivity index (χ1n) is 8.60. The van der Waals surface area contributed by atoms with Crippen LogP contribution in [0.1, 0.15) is 34.7 Å². The van der Waals surface area contributed by atoms with Crippen molar-refractivity contribution in [3.63, 3.8) is 0 Å². The maximum atomic E-state index is 11.0. The molecule has 3 aromatic rings. The summed E-state index contributed by atoms with van der Waals surface area (Å²) in [5.41, 5.74) is 3.07. The van der Waals surface area contributed by atoms with Gasteiger partial charge in [0, 0.05) is 29.7 Å². The number of nitro benzene ring substituents is 1. The second-order valence-corrected chi connectivity index (χ2v) is 7.43. The van der Waals surface area contributed by atoms with Crippen LogP contribution in [0.5, 0.6) is 5.75 Å². The van der Waals surface area contributed by atoms with E-state index in [0.29, 0.717) is 0 Å². The monoisotopic (exact) mass is 377 g/mol. The molecule has 2 aliphatic rings. The van der Waals surface area contributed by atoms with Gasteiger partial charge in [-0.15, -0.1) is 11.3 Å². The van der Waals surface area contributed by atoms with Gasteiger partial charge in [-0.3, -0.25) is 10.1 Å². The van der Waals surface area contributed by atoms with Crippen LogP contribution < -0.4 is 4.74 Å². The van der Waals surface area contributed by atoms with Crippen LogP contribution in [0, 0.1) is 10.1 Å². The standard InChI is InChI=1S/C20H15N3O3S/c24-23(25)14-9-7-13(8-10-14)20-22-17(15-4-1-2-5-18(15)26-20)12-16(21-22)19-6-3-11-27-19/h1-11,17,20H,12H2. The van der Waals surface area contributed by atoms with E-state index in [4.69, 9.17) is 9.84 Å². The van der Waals surface area contributed by atoms with Gasteiger partial charge in [0.25, 0.3) is 5.69 Å². The van der Waals surface area contributed by atoms with Crippen LogP contribution in [0.25, 0.3) is 0 Å². The molecule has 2 aromatic carbocycles. The lowest BCUT2D eigenvalue weighted by molar-refractivity contribution is -0.384. The van der Waals surface area contributed by atoms with E-state index >= 15 is 0 Å². The molecule has 2 atom stereocenters. The first-order chi connectivity index (χ1) is 13.2. The summed E-state index contributed by atoms with van der Waals surface area (Å²) in [5, 5.41) is 19.9. The van der Waals surface area contributed by atoms with Crippen LogP contribution in [0.4, 0.5) is 5.69 Å². The number of hydrogen-bond acceptors (Lipinski definition) is 6. The van der Waals surface area contributed by atoms with Gasteiger partial charge in [0.1, 0.15) is 5.75 Å². The van der Waals surface area contributed by atoms with Crippen molar-refractivity contribution in [1.82, 2.24) is 5.01 Å². The average Bonchev–Trinajstić information content (AvgIpc) is 3.37. The van der Waals surface area contributed by atoms with Gasteiger partial charge in [-0.25, -0.2) is 5.01 Å². The quantitative estimate of drug-likeness (QED) is 0.481. The number of hydrogen-bond donors (Lipinski definition) is 0. The lowest BCUT2D eigenvalue weighted by atomic mass is 9.98. The van der Waals surface area contributed by atoms with E-state index in [1.54, 1.807) is 23.5 Å². The molecule has 2 aliphatic heterocycles. The fraction of sp³-hybridized carbons (Fsp3) is 0.150. The molecule has 0 saturated heterocycles. The topological polar surface area (TPSA) is 68.0 Å². The minimum atomic E-state index is -0.414. The zero-order valence-electron chi connectivity index (χ0n) is 14.2. The smallest absolute Gasteiger partial charge is 0.269 e. The predicted molar refractivity (Wildman–Crippen MR) is 103 cm³/mol. The number of fused-ring (bicyclic) bond motifs is 3. The molecule has 134 valence electrons. The van der Waals surface area contributed by atoms with Gasteiger partial charge < -0.3 is 4.74 Å². The SMILES string of the molecule is O=[N+]([O-])c1ccc(C2Oc3ccccc3C3CC(c4cccs4)=NN32)cc1. The van der Waals surface area contributed by atoms with Crippen molar-refractivity contribution in [2.24, 2.45) is 5.10 Å². The molecule has 0 amide bonds. The zero-order valence-corrected chi connectivity index (χ0v) is 15.0. The van der Waals surface area contributed by atoms with E-state index in [2.05, 4.69) is 12.1 Å². The number of nitro groups is 1. The Morgan fingerprint density at radius 2 is 1.93 bits per heavy atom. The highest BCUT2D eigenvalue weighted by molar-refractivity contribution is 7.12. The Morgan fingerprint density at radius 3 is 2.67 bits per heavy atom. The number of thiophene rings is 1. The second-order valence-electron chi connectivity index (χ2n) is 6.48. The Labute approximate surface area is 159 Å². The van der Waals surface area contributed by atoms with Gasteiger partial charge in [0.05, 0.1) is 21.6 Å². The van der Waals surface area contributed by atoms with Crippen molar-refractivity contribution in [1.29, 1.82) is 0 Å². The molecule has 27 heavy (non-hydrogen) atoms. The van der Waals surface area contributed by atoms with Crippen molar-refractivity contribution in [3.8, 4) is 5.75 Å². The van der Waals surface area contributed by atoms with E-state index in [9.17, 15) is 10.1 Å². The lowest BCUT2D eigenvalue weighted by Gasteiger charge is -2.38. The summed E-state index contributed by atoms with van der Waals surface area (Å²) < 4.78 is 6.25. The fourth-order valence-electron chi connectivity index (χ4n) is 3.61. The minimum absolute atomic E-state index is 0.0655. The van der Waals surface area contributed by atoms with Crippen LogP contribution in [0.2, 0.25) is 0 Å². The third-order valence-electron chi connectivity index (χ3n) is 4.89. The Hall–Kier alpha value is -3.19. The zero-order chi connectivity index (χ0) is 18.4. The van der Waals surface area contributed by atoms with Gasteiger partial charge >= 0.3 is 0 Å². The number of ether oxygens (including phenoxy) is 1. The molecule has 2 unspecified atom stereocenters. The molecule has 1 aromatic heterocycles. The second kappa shape index (κ2) is 6.21. The van der Waals surface area contributed by atoms with Crippen molar-refractivity contribution >= 4 is 22.7 Å². The van der Waals surface area contributed by atoms with Crippen LogP contribution in [0.3, 0.4) is 0 Å². The number of nitrogens with zero attached hydrogens (tertiary/aromatic N) is 3. The lowest BCUT2D eigenvalue weighted by Crippen LogP contribution is -2.33. The molecule has 0 aliphatic carbocycles. The highest BCUT2D eigenvalue weighted by Crippen LogP contribution is 2.47. The van der Waals surface area contributed by atoms with Crippen LogP contribution in [-0.4, -0.2) is 15.6 Å². The largest absolute Gasteiger partial charge is 0.464 e. The molecule has 7 heteroatoms. The van der Waals surface area contributed by atoms with Gasteiger partial charge in [0.2, 0.25) is 6.23 Å². The molecule has 6 nitrogen and oxygen atoms in total. The van der Waals surface area contributed by atoms with Gasteiger partial charge in [-0.05, 0) is 29.6 Å². The molecular formula is C20H15N3O3S. The summed E-state index contributed by atoms with van der Waals surface area (Å²) >= 11 is 1.68. The third-order valence-corrected chi connectivity index (χ3v) is 5.81. The first kappa shape index (κ1) is 16.0. The molecule has 3 heterocycles. The summed E-state index contributed by atoms with van der Waals surface area (Å²) in [4.78, 5) is 11.7. The normalized spacial score (nSPS) is 20.4. The van der Waals surface area contributed by atoms with Crippen molar-refractivity contribution in [2.75, 3.05) is 0 Å². The van der Waals surface area contributed by atoms with E-state index < -0.39 is 11.2 Å². The van der Waals surface area contributed by atoms with E-state index in [1.807, 2.05) is 34.7 Å². The summed E-state index contributed by atoms with van der Waals surface area (Å²) in [7, 11) is 0. The Balaban J connectivity index is 1.57. The molecule has 0 fully saturated rings.